The highest BCUT2D eigenvalue weighted by Gasteiger charge is 2.45. The first kappa shape index (κ1) is 17.7. The first-order chi connectivity index (χ1) is 10.6. The molecule has 2 rings (SSSR count). The standard InChI is InChI=1S/C18H26FNO3/c1-17(2,3)23-16(21)20-15(12-22-18(20,4)5)11-8-13-6-9-14(19)10-7-13/h6-7,9-10,15H,8,11-12H2,1-5H3/t15-/m1/s1. The summed E-state index contributed by atoms with van der Waals surface area (Å²) < 4.78 is 24.3. The molecule has 1 fully saturated rings. The molecule has 1 amide bonds. The largest absolute Gasteiger partial charge is 0.444 e. The zero-order valence-electron chi connectivity index (χ0n) is 14.6. The smallest absolute Gasteiger partial charge is 0.412 e. The van der Waals surface area contributed by atoms with E-state index < -0.39 is 11.3 Å². The van der Waals surface area contributed by atoms with Crippen molar-refractivity contribution in [2.75, 3.05) is 6.61 Å². The number of ether oxygens (including phenoxy) is 2. The van der Waals surface area contributed by atoms with Crippen molar-refractivity contribution in [1.82, 2.24) is 4.90 Å². The Kier molecular flexibility index (Phi) is 4.99. The second kappa shape index (κ2) is 6.48. The van der Waals surface area contributed by atoms with Gasteiger partial charge in [-0.3, -0.25) is 4.90 Å². The molecular formula is C18H26FNO3. The summed E-state index contributed by atoms with van der Waals surface area (Å²) in [6.45, 7) is 9.77. The molecule has 0 aromatic heterocycles. The molecule has 0 radical (unpaired) electrons. The van der Waals surface area contributed by atoms with Crippen LogP contribution in [0, 0.1) is 5.82 Å². The number of nitrogens with zero attached hydrogens (tertiary/aromatic N) is 1. The summed E-state index contributed by atoms with van der Waals surface area (Å²) in [5, 5.41) is 0. The zero-order chi connectivity index (χ0) is 17.3. The summed E-state index contributed by atoms with van der Waals surface area (Å²) >= 11 is 0. The van der Waals surface area contributed by atoms with Gasteiger partial charge in [0, 0.05) is 0 Å². The second-order valence-electron chi connectivity index (χ2n) is 7.43. The van der Waals surface area contributed by atoms with Gasteiger partial charge in [0.05, 0.1) is 12.6 Å². The molecule has 4 nitrogen and oxygen atoms in total. The van der Waals surface area contributed by atoms with Crippen molar-refractivity contribution in [3.8, 4) is 0 Å². The number of aryl methyl sites for hydroxylation is 1. The first-order valence-electron chi connectivity index (χ1n) is 7.99. The van der Waals surface area contributed by atoms with E-state index in [0.29, 0.717) is 6.61 Å². The molecule has 1 aromatic carbocycles. The maximum absolute atomic E-state index is 13.0. The lowest BCUT2D eigenvalue weighted by atomic mass is 10.0. The molecule has 1 aliphatic rings. The number of hydrogen-bond donors (Lipinski definition) is 0. The van der Waals surface area contributed by atoms with Crippen LogP contribution in [-0.2, 0) is 15.9 Å². The lowest BCUT2D eigenvalue weighted by Gasteiger charge is -2.35. The lowest BCUT2D eigenvalue weighted by Crippen LogP contribution is -2.49. The number of benzene rings is 1. The minimum atomic E-state index is -0.685. The number of carbonyl (C=O) groups excluding carboxylic acids is 1. The molecule has 1 aromatic rings. The molecule has 0 bridgehead atoms. The van der Waals surface area contributed by atoms with Crippen LogP contribution >= 0.6 is 0 Å². The Morgan fingerprint density at radius 2 is 1.96 bits per heavy atom. The highest BCUT2D eigenvalue weighted by Crippen LogP contribution is 2.31. The molecule has 1 heterocycles. The molecule has 23 heavy (non-hydrogen) atoms. The van der Waals surface area contributed by atoms with Gasteiger partial charge in [-0.25, -0.2) is 9.18 Å². The van der Waals surface area contributed by atoms with E-state index in [9.17, 15) is 9.18 Å². The van der Waals surface area contributed by atoms with Gasteiger partial charge in [0.15, 0.2) is 0 Å². The molecular weight excluding hydrogens is 297 g/mol. The SMILES string of the molecule is CC(C)(C)OC(=O)N1[C@H](CCc2ccc(F)cc2)COC1(C)C. The molecule has 0 saturated carbocycles. The Balaban J connectivity index is 2.04. The van der Waals surface area contributed by atoms with E-state index in [1.54, 1.807) is 17.0 Å². The number of carbonyl (C=O) groups is 1. The van der Waals surface area contributed by atoms with E-state index in [4.69, 9.17) is 9.47 Å². The average molecular weight is 323 g/mol. The second-order valence-corrected chi connectivity index (χ2v) is 7.43. The van der Waals surface area contributed by atoms with Crippen LogP contribution < -0.4 is 0 Å². The number of rotatable bonds is 3. The molecule has 1 aliphatic heterocycles. The third kappa shape index (κ3) is 4.67. The van der Waals surface area contributed by atoms with Crippen molar-refractivity contribution in [3.05, 3.63) is 35.6 Å². The van der Waals surface area contributed by atoms with Crippen molar-refractivity contribution in [2.45, 2.75) is 64.8 Å². The minimum absolute atomic E-state index is 0.0510. The third-order valence-electron chi connectivity index (χ3n) is 3.84. The van der Waals surface area contributed by atoms with Crippen molar-refractivity contribution < 1.29 is 18.7 Å². The predicted octanol–water partition coefficient (Wildman–Crippen LogP) is 4.13. The number of halogens is 1. The van der Waals surface area contributed by atoms with Crippen molar-refractivity contribution >= 4 is 6.09 Å². The molecule has 0 unspecified atom stereocenters. The van der Waals surface area contributed by atoms with Crippen molar-refractivity contribution in [1.29, 1.82) is 0 Å². The monoisotopic (exact) mass is 323 g/mol. The van der Waals surface area contributed by atoms with Crippen LogP contribution in [0.3, 0.4) is 0 Å². The Labute approximate surface area is 137 Å². The Bertz CT molecular complexity index is 548. The maximum atomic E-state index is 13.0. The van der Waals surface area contributed by atoms with E-state index in [2.05, 4.69) is 0 Å². The molecule has 1 saturated heterocycles. The minimum Gasteiger partial charge on any atom is -0.444 e. The fraction of sp³-hybridized carbons (Fsp3) is 0.611. The van der Waals surface area contributed by atoms with Gasteiger partial charge in [-0.1, -0.05) is 12.1 Å². The molecule has 0 N–H and O–H groups in total. The number of hydrogen-bond acceptors (Lipinski definition) is 3. The van der Waals surface area contributed by atoms with Gasteiger partial charge >= 0.3 is 6.09 Å². The van der Waals surface area contributed by atoms with E-state index in [1.165, 1.54) is 12.1 Å². The van der Waals surface area contributed by atoms with E-state index in [0.717, 1.165) is 18.4 Å². The van der Waals surface area contributed by atoms with E-state index >= 15 is 0 Å². The molecule has 5 heteroatoms. The Morgan fingerprint density at radius 3 is 2.52 bits per heavy atom. The molecule has 0 aliphatic carbocycles. The lowest BCUT2D eigenvalue weighted by molar-refractivity contribution is -0.0626. The fourth-order valence-electron chi connectivity index (χ4n) is 2.76. The molecule has 128 valence electrons. The van der Waals surface area contributed by atoms with E-state index in [1.807, 2.05) is 34.6 Å². The summed E-state index contributed by atoms with van der Waals surface area (Å²) in [6, 6.07) is 6.40. The highest BCUT2D eigenvalue weighted by atomic mass is 19.1. The zero-order valence-corrected chi connectivity index (χ0v) is 14.6. The topological polar surface area (TPSA) is 38.8 Å². The first-order valence-corrected chi connectivity index (χ1v) is 7.99. The van der Waals surface area contributed by atoms with Gasteiger partial charge in [0.25, 0.3) is 0 Å². The molecule has 1 atom stereocenters. The van der Waals surface area contributed by atoms with Crippen molar-refractivity contribution in [2.24, 2.45) is 0 Å². The van der Waals surface area contributed by atoms with Crippen LogP contribution in [0.15, 0.2) is 24.3 Å². The summed E-state index contributed by atoms with van der Waals surface area (Å²) in [5.41, 5.74) is -0.187. The van der Waals surface area contributed by atoms with Crippen LogP contribution in [0.5, 0.6) is 0 Å². The van der Waals surface area contributed by atoms with Gasteiger partial charge in [0.2, 0.25) is 0 Å². The van der Waals surface area contributed by atoms with Gasteiger partial charge in [-0.15, -0.1) is 0 Å². The van der Waals surface area contributed by atoms with Crippen LogP contribution in [0.4, 0.5) is 9.18 Å². The van der Waals surface area contributed by atoms with E-state index in [-0.39, 0.29) is 18.0 Å². The van der Waals surface area contributed by atoms with Crippen LogP contribution in [0.1, 0.15) is 46.6 Å². The van der Waals surface area contributed by atoms with Gasteiger partial charge in [-0.05, 0) is 65.2 Å². The molecule has 0 spiro atoms. The summed E-state index contributed by atoms with van der Waals surface area (Å²) in [6.07, 6.45) is 1.14. The third-order valence-corrected chi connectivity index (χ3v) is 3.84. The van der Waals surface area contributed by atoms with Gasteiger partial charge in [0.1, 0.15) is 17.1 Å². The summed E-state index contributed by atoms with van der Waals surface area (Å²) in [4.78, 5) is 14.2. The Hall–Kier alpha value is -1.62. The van der Waals surface area contributed by atoms with Crippen molar-refractivity contribution in [3.63, 3.8) is 0 Å². The normalized spacial score (nSPS) is 20.6. The maximum Gasteiger partial charge on any atom is 0.412 e. The average Bonchev–Trinajstić information content (AvgIpc) is 2.71. The predicted molar refractivity (Wildman–Crippen MR) is 86.6 cm³/mol. The fourth-order valence-corrected chi connectivity index (χ4v) is 2.76. The number of amides is 1. The summed E-state index contributed by atoms with van der Waals surface area (Å²) in [7, 11) is 0. The van der Waals surface area contributed by atoms with Crippen LogP contribution in [-0.4, -0.2) is 35.0 Å². The van der Waals surface area contributed by atoms with Gasteiger partial charge < -0.3 is 9.47 Å². The highest BCUT2D eigenvalue weighted by molar-refractivity contribution is 5.69. The van der Waals surface area contributed by atoms with Crippen LogP contribution in [0.2, 0.25) is 0 Å². The Morgan fingerprint density at radius 1 is 1.35 bits per heavy atom. The van der Waals surface area contributed by atoms with Crippen LogP contribution in [0.25, 0.3) is 0 Å². The quantitative estimate of drug-likeness (QED) is 0.839. The summed E-state index contributed by atoms with van der Waals surface area (Å²) in [5.74, 6) is -0.241. The van der Waals surface area contributed by atoms with Gasteiger partial charge in [-0.2, -0.15) is 0 Å².